The fourth-order valence-electron chi connectivity index (χ4n) is 3.14. The van der Waals surface area contributed by atoms with Crippen LogP contribution in [-0.2, 0) is 21.4 Å². The molecular weight excluding hydrogens is 348 g/mol. The second-order valence-electron chi connectivity index (χ2n) is 6.23. The molecule has 1 fully saturated rings. The highest BCUT2D eigenvalue weighted by Gasteiger charge is 2.41. The highest BCUT2D eigenvalue weighted by atomic mass is 16.5. The number of nitriles is 1. The van der Waals surface area contributed by atoms with Gasteiger partial charge in [0.25, 0.3) is 5.91 Å². The number of carbonyl (C=O) groups is 2. The molecule has 9 nitrogen and oxygen atoms in total. The van der Waals surface area contributed by atoms with Crippen LogP contribution in [0.5, 0.6) is 0 Å². The van der Waals surface area contributed by atoms with E-state index in [1.165, 1.54) is 0 Å². The number of carbonyl (C=O) groups excluding carboxylic acids is 2. The molecule has 0 saturated carbocycles. The van der Waals surface area contributed by atoms with Gasteiger partial charge < -0.3 is 15.0 Å². The van der Waals surface area contributed by atoms with Crippen LogP contribution >= 0.6 is 0 Å². The molecule has 0 bridgehead atoms. The number of likely N-dealkylation sites (N-methyl/N-ethyl adjacent to an activating group) is 1. The van der Waals surface area contributed by atoms with Crippen molar-refractivity contribution in [3.63, 3.8) is 0 Å². The first-order valence-corrected chi connectivity index (χ1v) is 8.52. The molecule has 0 unspecified atom stereocenters. The summed E-state index contributed by atoms with van der Waals surface area (Å²) in [5.74, 6) is -0.265. The minimum absolute atomic E-state index is 0.164. The van der Waals surface area contributed by atoms with Gasteiger partial charge in [-0.1, -0.05) is 0 Å². The quantitative estimate of drug-likeness (QED) is 0.859. The molecule has 1 aliphatic heterocycles. The van der Waals surface area contributed by atoms with E-state index in [-0.39, 0.29) is 12.5 Å². The van der Waals surface area contributed by atoms with E-state index >= 15 is 0 Å². The van der Waals surface area contributed by atoms with Crippen molar-refractivity contribution in [2.75, 3.05) is 18.5 Å². The molecule has 0 radical (unpaired) electrons. The van der Waals surface area contributed by atoms with Crippen LogP contribution in [0.4, 0.5) is 5.82 Å². The molecule has 27 heavy (non-hydrogen) atoms. The number of hydrogen-bond donors (Lipinski definition) is 1. The Morgan fingerprint density at radius 2 is 2.26 bits per heavy atom. The lowest BCUT2D eigenvalue weighted by atomic mass is 10.00. The summed E-state index contributed by atoms with van der Waals surface area (Å²) >= 11 is 0. The number of morpholine rings is 1. The Morgan fingerprint density at radius 3 is 2.85 bits per heavy atom. The average Bonchev–Trinajstić information content (AvgIpc) is 3.07. The molecule has 0 spiro atoms. The zero-order chi connectivity index (χ0) is 19.6. The van der Waals surface area contributed by atoms with Gasteiger partial charge in [-0.2, -0.15) is 10.4 Å². The SMILES string of the molecule is CCN1C(=O)CO[C@H](C(=O)Nc2ccc(C#N)c(C)n2)[C@H]1c1cnn(C)c1. The van der Waals surface area contributed by atoms with E-state index in [9.17, 15) is 9.59 Å². The molecule has 140 valence electrons. The molecule has 3 rings (SSSR count). The largest absolute Gasteiger partial charge is 0.356 e. The Labute approximate surface area is 156 Å². The third-order valence-electron chi connectivity index (χ3n) is 4.45. The molecule has 0 aliphatic carbocycles. The van der Waals surface area contributed by atoms with Crippen molar-refractivity contribution >= 4 is 17.6 Å². The first kappa shape index (κ1) is 18.5. The van der Waals surface area contributed by atoms with Crippen LogP contribution in [-0.4, -0.2) is 50.7 Å². The predicted octanol–water partition coefficient (Wildman–Crippen LogP) is 0.922. The predicted molar refractivity (Wildman–Crippen MR) is 95.4 cm³/mol. The maximum Gasteiger partial charge on any atom is 0.257 e. The van der Waals surface area contributed by atoms with Gasteiger partial charge in [0.1, 0.15) is 18.5 Å². The summed E-state index contributed by atoms with van der Waals surface area (Å²) in [5, 5.41) is 15.9. The lowest BCUT2D eigenvalue weighted by molar-refractivity contribution is -0.162. The number of anilines is 1. The smallest absolute Gasteiger partial charge is 0.257 e. The molecule has 3 heterocycles. The van der Waals surface area contributed by atoms with Gasteiger partial charge in [0, 0.05) is 25.4 Å². The van der Waals surface area contributed by atoms with E-state index in [1.54, 1.807) is 48.1 Å². The molecule has 2 aromatic heterocycles. The lowest BCUT2D eigenvalue weighted by Gasteiger charge is -2.39. The standard InChI is InChI=1S/C18H20N6O3/c1-4-24-15(25)10-27-17(16(24)13-8-20-23(3)9-13)18(26)22-14-6-5-12(7-19)11(2)21-14/h5-6,8-9,16-17H,4,10H2,1-3H3,(H,21,22,26)/t16-,17+/m1/s1. The van der Waals surface area contributed by atoms with Crippen LogP contribution in [0.15, 0.2) is 24.5 Å². The van der Waals surface area contributed by atoms with E-state index in [2.05, 4.69) is 15.4 Å². The van der Waals surface area contributed by atoms with Crippen LogP contribution in [0.1, 0.15) is 29.8 Å². The summed E-state index contributed by atoms with van der Waals surface area (Å²) in [6.07, 6.45) is 2.49. The average molecular weight is 368 g/mol. The second-order valence-corrected chi connectivity index (χ2v) is 6.23. The first-order valence-electron chi connectivity index (χ1n) is 8.52. The summed E-state index contributed by atoms with van der Waals surface area (Å²) in [7, 11) is 1.77. The summed E-state index contributed by atoms with van der Waals surface area (Å²) < 4.78 is 7.20. The Balaban J connectivity index is 1.88. The number of nitrogens with zero attached hydrogens (tertiary/aromatic N) is 5. The van der Waals surface area contributed by atoms with Crippen molar-refractivity contribution in [1.82, 2.24) is 19.7 Å². The zero-order valence-electron chi connectivity index (χ0n) is 15.3. The fourth-order valence-corrected chi connectivity index (χ4v) is 3.14. The van der Waals surface area contributed by atoms with E-state index in [0.29, 0.717) is 23.6 Å². The molecule has 0 aromatic carbocycles. The number of aryl methyl sites for hydroxylation is 2. The molecule has 2 aromatic rings. The van der Waals surface area contributed by atoms with Gasteiger partial charge in [-0.05, 0) is 26.0 Å². The van der Waals surface area contributed by atoms with Crippen molar-refractivity contribution in [3.05, 3.63) is 41.3 Å². The number of ether oxygens (including phenoxy) is 1. The monoisotopic (exact) mass is 368 g/mol. The lowest BCUT2D eigenvalue weighted by Crippen LogP contribution is -2.53. The first-order chi connectivity index (χ1) is 12.9. The number of pyridine rings is 1. The number of rotatable bonds is 4. The molecule has 2 atom stereocenters. The van der Waals surface area contributed by atoms with Crippen LogP contribution < -0.4 is 5.32 Å². The van der Waals surface area contributed by atoms with Crippen LogP contribution in [0.25, 0.3) is 0 Å². The van der Waals surface area contributed by atoms with Gasteiger partial charge in [-0.25, -0.2) is 4.98 Å². The van der Waals surface area contributed by atoms with Crippen LogP contribution in [0.2, 0.25) is 0 Å². The summed E-state index contributed by atoms with van der Waals surface area (Å²) in [6.45, 7) is 3.83. The van der Waals surface area contributed by atoms with Crippen molar-refractivity contribution < 1.29 is 14.3 Å². The van der Waals surface area contributed by atoms with Gasteiger partial charge in [0.2, 0.25) is 5.91 Å². The normalized spacial score (nSPS) is 19.6. The number of aromatic nitrogens is 3. The van der Waals surface area contributed by atoms with E-state index in [0.717, 1.165) is 5.56 Å². The highest BCUT2D eigenvalue weighted by molar-refractivity contribution is 5.95. The zero-order valence-corrected chi connectivity index (χ0v) is 15.3. The van der Waals surface area contributed by atoms with Crippen molar-refractivity contribution in [2.45, 2.75) is 26.0 Å². The van der Waals surface area contributed by atoms with Crippen LogP contribution in [0, 0.1) is 18.3 Å². The number of amides is 2. The minimum Gasteiger partial charge on any atom is -0.356 e. The molecular formula is C18H20N6O3. The van der Waals surface area contributed by atoms with Gasteiger partial charge in [-0.15, -0.1) is 0 Å². The maximum atomic E-state index is 12.9. The molecule has 1 N–H and O–H groups in total. The Hall–Kier alpha value is -3.25. The topological polar surface area (TPSA) is 113 Å². The van der Waals surface area contributed by atoms with Gasteiger partial charge in [0.15, 0.2) is 6.10 Å². The fraction of sp³-hybridized carbons (Fsp3) is 0.389. The molecule has 1 aliphatic rings. The van der Waals surface area contributed by atoms with E-state index in [4.69, 9.17) is 10.00 Å². The maximum absolute atomic E-state index is 12.9. The molecule has 1 saturated heterocycles. The summed E-state index contributed by atoms with van der Waals surface area (Å²) in [4.78, 5) is 31.0. The molecule has 2 amide bonds. The Kier molecular flexibility index (Phi) is 5.19. The van der Waals surface area contributed by atoms with Gasteiger partial charge in [0.05, 0.1) is 23.5 Å². The Morgan fingerprint density at radius 1 is 1.48 bits per heavy atom. The number of nitrogens with one attached hydrogen (secondary N) is 1. The van der Waals surface area contributed by atoms with E-state index < -0.39 is 18.1 Å². The van der Waals surface area contributed by atoms with Gasteiger partial charge >= 0.3 is 0 Å². The minimum atomic E-state index is -0.899. The van der Waals surface area contributed by atoms with Crippen LogP contribution in [0.3, 0.4) is 0 Å². The third kappa shape index (κ3) is 3.66. The highest BCUT2D eigenvalue weighted by Crippen LogP contribution is 2.30. The molecule has 9 heteroatoms. The third-order valence-corrected chi connectivity index (χ3v) is 4.45. The summed E-state index contributed by atoms with van der Waals surface area (Å²) in [6, 6.07) is 4.62. The summed E-state index contributed by atoms with van der Waals surface area (Å²) in [5.41, 5.74) is 1.68. The number of hydrogen-bond acceptors (Lipinski definition) is 6. The second kappa shape index (κ2) is 7.55. The van der Waals surface area contributed by atoms with E-state index in [1.807, 2.05) is 13.0 Å². The van der Waals surface area contributed by atoms with Crippen molar-refractivity contribution in [1.29, 1.82) is 5.26 Å². The van der Waals surface area contributed by atoms with Crippen molar-refractivity contribution in [3.8, 4) is 6.07 Å². The van der Waals surface area contributed by atoms with Gasteiger partial charge in [-0.3, -0.25) is 14.3 Å². The Bertz CT molecular complexity index is 916. The van der Waals surface area contributed by atoms with Crippen molar-refractivity contribution in [2.24, 2.45) is 7.05 Å².